The maximum absolute atomic E-state index is 12.4. The SMILES string of the molecule is C[C@H](NC(=O)OCc1ccccc1)C(=O)N[C@@H](C)C(=O)N[C@@H](CC(=O)OCC[Si](C)(C)C)C(=O)O. The largest absolute Gasteiger partial charge is 0.480 e. The van der Waals surface area contributed by atoms with Gasteiger partial charge in [-0.3, -0.25) is 14.4 Å². The van der Waals surface area contributed by atoms with Crippen LogP contribution in [0.5, 0.6) is 0 Å². The van der Waals surface area contributed by atoms with E-state index in [1.165, 1.54) is 13.8 Å². The van der Waals surface area contributed by atoms with Gasteiger partial charge in [-0.2, -0.15) is 0 Å². The van der Waals surface area contributed by atoms with Crippen LogP contribution >= 0.6 is 0 Å². The number of carbonyl (C=O) groups excluding carboxylic acids is 4. The molecule has 12 heteroatoms. The van der Waals surface area contributed by atoms with Crippen LogP contribution in [0.15, 0.2) is 30.3 Å². The van der Waals surface area contributed by atoms with Crippen molar-refractivity contribution in [3.63, 3.8) is 0 Å². The molecule has 0 aromatic heterocycles. The zero-order valence-electron chi connectivity index (χ0n) is 20.8. The Morgan fingerprint density at radius 2 is 1.46 bits per heavy atom. The van der Waals surface area contributed by atoms with Crippen LogP contribution in [0.3, 0.4) is 0 Å². The van der Waals surface area contributed by atoms with E-state index in [1.54, 1.807) is 24.3 Å². The van der Waals surface area contributed by atoms with E-state index in [-0.39, 0.29) is 13.2 Å². The number of benzene rings is 1. The van der Waals surface area contributed by atoms with Gasteiger partial charge in [-0.05, 0) is 25.5 Å². The summed E-state index contributed by atoms with van der Waals surface area (Å²) >= 11 is 0. The molecular weight excluding hydrogens is 474 g/mol. The summed E-state index contributed by atoms with van der Waals surface area (Å²) in [4.78, 5) is 60.0. The van der Waals surface area contributed by atoms with E-state index >= 15 is 0 Å². The molecule has 0 saturated heterocycles. The Hall–Kier alpha value is -3.41. The van der Waals surface area contributed by atoms with Gasteiger partial charge in [0.1, 0.15) is 24.7 Å². The maximum atomic E-state index is 12.4. The predicted octanol–water partition coefficient (Wildman–Crippen LogP) is 1.65. The molecule has 0 aliphatic carbocycles. The standard InChI is InChI=1S/C23H35N3O8Si/c1-15(21(29)26-18(22(30)31)13-19(27)33-11-12-35(3,4)5)24-20(28)16(2)25-23(32)34-14-17-9-7-6-8-10-17/h6-10,15-16,18H,11-14H2,1-5H3,(H,24,28)(H,25,32)(H,26,29)(H,30,31)/t15-,16-,18-/m0/s1. The summed E-state index contributed by atoms with van der Waals surface area (Å²) in [6, 6.07) is 6.05. The molecule has 35 heavy (non-hydrogen) atoms. The molecule has 1 aromatic rings. The molecule has 0 heterocycles. The summed E-state index contributed by atoms with van der Waals surface area (Å²) in [7, 11) is -1.42. The van der Waals surface area contributed by atoms with Gasteiger partial charge < -0.3 is 30.5 Å². The number of nitrogens with one attached hydrogen (secondary N) is 3. The van der Waals surface area contributed by atoms with Crippen LogP contribution in [0.25, 0.3) is 0 Å². The second kappa shape index (κ2) is 14.1. The van der Waals surface area contributed by atoms with Crippen LogP contribution in [-0.4, -0.2) is 67.8 Å². The van der Waals surface area contributed by atoms with Crippen molar-refractivity contribution in [3.8, 4) is 0 Å². The molecule has 1 aromatic carbocycles. The fourth-order valence-electron chi connectivity index (χ4n) is 2.60. The number of hydrogen-bond donors (Lipinski definition) is 4. The molecule has 0 saturated carbocycles. The molecule has 0 aliphatic heterocycles. The minimum absolute atomic E-state index is 0.0248. The highest BCUT2D eigenvalue weighted by Gasteiger charge is 2.28. The number of carbonyl (C=O) groups is 5. The van der Waals surface area contributed by atoms with E-state index < -0.39 is 62.5 Å². The highest BCUT2D eigenvalue weighted by Crippen LogP contribution is 2.08. The first kappa shape index (κ1) is 29.6. The van der Waals surface area contributed by atoms with Crippen molar-refractivity contribution in [2.75, 3.05) is 6.61 Å². The van der Waals surface area contributed by atoms with Crippen LogP contribution in [0, 0.1) is 0 Å². The third-order valence-electron chi connectivity index (χ3n) is 4.79. The first-order chi connectivity index (χ1) is 16.3. The molecule has 1 rings (SSSR count). The van der Waals surface area contributed by atoms with E-state index in [2.05, 4.69) is 35.6 Å². The summed E-state index contributed by atoms with van der Waals surface area (Å²) in [5.74, 6) is -3.63. The molecular formula is C23H35N3O8Si. The van der Waals surface area contributed by atoms with E-state index in [4.69, 9.17) is 9.47 Å². The molecule has 194 valence electrons. The Labute approximate surface area is 205 Å². The van der Waals surface area contributed by atoms with E-state index in [1.807, 2.05) is 6.07 Å². The van der Waals surface area contributed by atoms with Crippen molar-refractivity contribution in [1.29, 1.82) is 0 Å². The fraction of sp³-hybridized carbons (Fsp3) is 0.522. The van der Waals surface area contributed by atoms with Crippen LogP contribution in [0.1, 0.15) is 25.8 Å². The van der Waals surface area contributed by atoms with Crippen LogP contribution in [-0.2, 0) is 35.3 Å². The minimum atomic E-state index is -1.51. The van der Waals surface area contributed by atoms with Crippen molar-refractivity contribution >= 4 is 37.9 Å². The number of esters is 1. The number of ether oxygens (including phenoxy) is 2. The Morgan fingerprint density at radius 1 is 0.886 bits per heavy atom. The Morgan fingerprint density at radius 3 is 2.03 bits per heavy atom. The molecule has 3 atom stereocenters. The van der Waals surface area contributed by atoms with Gasteiger partial charge in [-0.15, -0.1) is 0 Å². The predicted molar refractivity (Wildman–Crippen MR) is 130 cm³/mol. The van der Waals surface area contributed by atoms with Gasteiger partial charge in [0.2, 0.25) is 11.8 Å². The zero-order chi connectivity index (χ0) is 26.6. The monoisotopic (exact) mass is 509 g/mol. The van der Waals surface area contributed by atoms with E-state index in [0.29, 0.717) is 0 Å². The molecule has 0 spiro atoms. The summed E-state index contributed by atoms with van der Waals surface area (Å²) in [5.41, 5.74) is 0.776. The molecule has 0 fully saturated rings. The van der Waals surface area contributed by atoms with Crippen molar-refractivity contribution in [2.24, 2.45) is 0 Å². The van der Waals surface area contributed by atoms with Gasteiger partial charge in [0.05, 0.1) is 13.0 Å². The molecule has 4 N–H and O–H groups in total. The first-order valence-corrected chi connectivity index (χ1v) is 15.0. The number of aliphatic carboxylic acids is 1. The Kier molecular flexibility index (Phi) is 11.9. The molecule has 0 aliphatic rings. The number of carboxylic acids is 1. The third kappa shape index (κ3) is 12.6. The topological polar surface area (TPSA) is 160 Å². The van der Waals surface area contributed by atoms with Crippen LogP contribution in [0.2, 0.25) is 25.7 Å². The molecule has 0 unspecified atom stereocenters. The number of alkyl carbamates (subject to hydrolysis) is 1. The van der Waals surface area contributed by atoms with Crippen molar-refractivity contribution in [2.45, 2.75) is 70.7 Å². The average Bonchev–Trinajstić information content (AvgIpc) is 2.76. The highest BCUT2D eigenvalue weighted by atomic mass is 28.3. The second-order valence-corrected chi connectivity index (χ2v) is 14.9. The summed E-state index contributed by atoms with van der Waals surface area (Å²) in [5, 5.41) is 16.3. The van der Waals surface area contributed by atoms with E-state index in [9.17, 15) is 29.1 Å². The Bertz CT molecular complexity index is 889. The maximum Gasteiger partial charge on any atom is 0.408 e. The normalized spacial score (nSPS) is 13.5. The molecule has 0 radical (unpaired) electrons. The van der Waals surface area contributed by atoms with E-state index in [0.717, 1.165) is 11.6 Å². The van der Waals surface area contributed by atoms with Gasteiger partial charge >= 0.3 is 18.0 Å². The first-order valence-electron chi connectivity index (χ1n) is 11.2. The quantitative estimate of drug-likeness (QED) is 0.231. The average molecular weight is 510 g/mol. The van der Waals surface area contributed by atoms with Gasteiger partial charge in [0.15, 0.2) is 0 Å². The number of amides is 3. The third-order valence-corrected chi connectivity index (χ3v) is 6.50. The lowest BCUT2D eigenvalue weighted by Crippen LogP contribution is -2.54. The van der Waals surface area contributed by atoms with Gasteiger partial charge in [-0.1, -0.05) is 50.0 Å². The second-order valence-electron chi connectivity index (χ2n) is 9.29. The van der Waals surface area contributed by atoms with Gasteiger partial charge in [0.25, 0.3) is 0 Å². The summed E-state index contributed by atoms with van der Waals surface area (Å²) in [6.07, 6.45) is -1.36. The van der Waals surface area contributed by atoms with Crippen LogP contribution < -0.4 is 16.0 Å². The fourth-order valence-corrected chi connectivity index (χ4v) is 3.32. The molecule has 11 nitrogen and oxygen atoms in total. The minimum Gasteiger partial charge on any atom is -0.480 e. The zero-order valence-corrected chi connectivity index (χ0v) is 21.8. The van der Waals surface area contributed by atoms with Gasteiger partial charge in [0, 0.05) is 8.07 Å². The smallest absolute Gasteiger partial charge is 0.408 e. The van der Waals surface area contributed by atoms with Crippen LogP contribution in [0.4, 0.5) is 4.79 Å². The number of hydrogen-bond acceptors (Lipinski definition) is 7. The molecule has 3 amide bonds. The lowest BCUT2D eigenvalue weighted by molar-refractivity contribution is -0.150. The van der Waals surface area contributed by atoms with Crippen molar-refractivity contribution in [3.05, 3.63) is 35.9 Å². The van der Waals surface area contributed by atoms with Gasteiger partial charge in [-0.25, -0.2) is 9.59 Å². The molecule has 0 bridgehead atoms. The number of rotatable bonds is 13. The van der Waals surface area contributed by atoms with Crippen molar-refractivity contribution < 1.29 is 38.6 Å². The lowest BCUT2D eigenvalue weighted by Gasteiger charge is -2.20. The van der Waals surface area contributed by atoms with Crippen molar-refractivity contribution in [1.82, 2.24) is 16.0 Å². The lowest BCUT2D eigenvalue weighted by atomic mass is 10.2. The summed E-state index contributed by atoms with van der Waals surface area (Å²) < 4.78 is 10.1. The summed E-state index contributed by atoms with van der Waals surface area (Å²) in [6.45, 7) is 9.30. The Balaban J connectivity index is 2.48. The highest BCUT2D eigenvalue weighted by molar-refractivity contribution is 6.76. The number of carboxylic acid groups (broad SMARTS) is 1.